The van der Waals surface area contributed by atoms with Crippen molar-refractivity contribution in [1.29, 1.82) is 0 Å². The van der Waals surface area contributed by atoms with Crippen LogP contribution >= 0.6 is 0 Å². The van der Waals surface area contributed by atoms with Crippen LogP contribution in [0.3, 0.4) is 0 Å². The van der Waals surface area contributed by atoms with E-state index in [1.165, 1.54) is 4.90 Å². The molecule has 3 amide bonds. The lowest BCUT2D eigenvalue weighted by Gasteiger charge is -2.39. The van der Waals surface area contributed by atoms with E-state index in [2.05, 4.69) is 0 Å². The molecule has 1 heterocycles. The van der Waals surface area contributed by atoms with Crippen molar-refractivity contribution < 1.29 is 23.9 Å². The number of methoxy groups -OCH3 is 2. The SMILES string of the molecule is COc1ccc(C(=O)N(C2CC(=O)N(c3ccc(OC)cc3)C2=O)C(C)(C)C)cc1. The molecule has 1 fully saturated rings. The smallest absolute Gasteiger partial charge is 0.257 e. The third-order valence-electron chi connectivity index (χ3n) is 5.04. The number of carbonyl (C=O) groups is 3. The summed E-state index contributed by atoms with van der Waals surface area (Å²) in [5.74, 6) is 0.189. The Morgan fingerprint density at radius 3 is 1.90 bits per heavy atom. The molecule has 1 atom stereocenters. The quantitative estimate of drug-likeness (QED) is 0.707. The predicted molar refractivity (Wildman–Crippen MR) is 113 cm³/mol. The van der Waals surface area contributed by atoms with Crippen LogP contribution in [-0.4, -0.2) is 48.4 Å². The van der Waals surface area contributed by atoms with Gasteiger partial charge in [-0.25, -0.2) is 4.90 Å². The fourth-order valence-electron chi connectivity index (χ4n) is 3.61. The minimum Gasteiger partial charge on any atom is -0.497 e. The first-order valence-corrected chi connectivity index (χ1v) is 9.66. The maximum absolute atomic E-state index is 13.3. The Hall–Kier alpha value is -3.35. The standard InChI is InChI=1S/C23H26N2O5/c1-23(2,3)25(21(27)15-6-10-17(29-4)11-7-15)19-14-20(26)24(22(19)28)16-8-12-18(30-5)13-9-16/h6-13,19H,14H2,1-5H3. The highest BCUT2D eigenvalue weighted by molar-refractivity contribution is 6.23. The van der Waals surface area contributed by atoms with Gasteiger partial charge >= 0.3 is 0 Å². The molecular weight excluding hydrogens is 384 g/mol. The van der Waals surface area contributed by atoms with Gasteiger partial charge < -0.3 is 14.4 Å². The lowest BCUT2D eigenvalue weighted by atomic mass is 9.99. The number of rotatable bonds is 5. The molecule has 0 aliphatic carbocycles. The molecule has 1 saturated heterocycles. The van der Waals surface area contributed by atoms with Crippen LogP contribution in [-0.2, 0) is 9.59 Å². The number of hydrogen-bond acceptors (Lipinski definition) is 5. The van der Waals surface area contributed by atoms with Gasteiger partial charge in [0.1, 0.15) is 17.5 Å². The number of imide groups is 1. The second-order valence-electron chi connectivity index (χ2n) is 8.06. The zero-order valence-electron chi connectivity index (χ0n) is 17.8. The molecule has 0 radical (unpaired) electrons. The van der Waals surface area contributed by atoms with Crippen LogP contribution < -0.4 is 14.4 Å². The molecule has 0 N–H and O–H groups in total. The third-order valence-corrected chi connectivity index (χ3v) is 5.04. The maximum Gasteiger partial charge on any atom is 0.257 e. The summed E-state index contributed by atoms with van der Waals surface area (Å²) in [6, 6.07) is 12.5. The molecule has 0 bridgehead atoms. The van der Waals surface area contributed by atoms with E-state index in [1.807, 2.05) is 20.8 Å². The average Bonchev–Trinajstić information content (AvgIpc) is 3.00. The van der Waals surface area contributed by atoms with Crippen molar-refractivity contribution in [1.82, 2.24) is 4.90 Å². The second-order valence-corrected chi connectivity index (χ2v) is 8.06. The van der Waals surface area contributed by atoms with Crippen LogP contribution in [0, 0.1) is 0 Å². The number of anilines is 1. The molecule has 0 saturated carbocycles. The van der Waals surface area contributed by atoms with E-state index in [9.17, 15) is 14.4 Å². The molecule has 158 valence electrons. The molecule has 0 spiro atoms. The van der Waals surface area contributed by atoms with Gasteiger partial charge in [0, 0.05) is 11.1 Å². The number of carbonyl (C=O) groups excluding carboxylic acids is 3. The Bertz CT molecular complexity index is 945. The third kappa shape index (κ3) is 4.01. The minimum absolute atomic E-state index is 0.0654. The molecule has 7 nitrogen and oxygen atoms in total. The lowest BCUT2D eigenvalue weighted by Crippen LogP contribution is -2.54. The van der Waals surface area contributed by atoms with Crippen molar-refractivity contribution in [2.75, 3.05) is 19.1 Å². The van der Waals surface area contributed by atoms with E-state index in [-0.39, 0.29) is 18.2 Å². The van der Waals surface area contributed by atoms with Crippen molar-refractivity contribution in [3.63, 3.8) is 0 Å². The zero-order valence-corrected chi connectivity index (χ0v) is 17.8. The van der Waals surface area contributed by atoms with Crippen molar-refractivity contribution in [2.45, 2.75) is 38.8 Å². The van der Waals surface area contributed by atoms with Crippen LogP contribution in [0.1, 0.15) is 37.6 Å². The largest absolute Gasteiger partial charge is 0.497 e. The number of hydrogen-bond donors (Lipinski definition) is 0. The molecular formula is C23H26N2O5. The van der Waals surface area contributed by atoms with Crippen molar-refractivity contribution in [3.8, 4) is 11.5 Å². The Kier molecular flexibility index (Phi) is 5.82. The topological polar surface area (TPSA) is 76.2 Å². The number of ether oxygens (including phenoxy) is 2. The summed E-state index contributed by atoms with van der Waals surface area (Å²) in [4.78, 5) is 42.0. The van der Waals surface area contributed by atoms with Gasteiger partial charge in [0.25, 0.3) is 11.8 Å². The molecule has 30 heavy (non-hydrogen) atoms. The molecule has 0 aromatic heterocycles. The Balaban J connectivity index is 1.93. The van der Waals surface area contributed by atoms with E-state index in [1.54, 1.807) is 62.8 Å². The van der Waals surface area contributed by atoms with Gasteiger partial charge in [0.15, 0.2) is 0 Å². The van der Waals surface area contributed by atoms with E-state index < -0.39 is 17.5 Å². The van der Waals surface area contributed by atoms with E-state index in [4.69, 9.17) is 9.47 Å². The highest BCUT2D eigenvalue weighted by Gasteiger charge is 2.47. The first-order chi connectivity index (χ1) is 14.2. The summed E-state index contributed by atoms with van der Waals surface area (Å²) in [5, 5.41) is 0. The molecule has 7 heteroatoms. The monoisotopic (exact) mass is 410 g/mol. The van der Waals surface area contributed by atoms with Crippen LogP contribution in [0.25, 0.3) is 0 Å². The molecule has 2 aromatic carbocycles. The van der Waals surface area contributed by atoms with E-state index in [0.29, 0.717) is 22.7 Å². The minimum atomic E-state index is -0.880. The highest BCUT2D eigenvalue weighted by Crippen LogP contribution is 2.31. The van der Waals surface area contributed by atoms with Crippen LogP contribution in [0.4, 0.5) is 5.69 Å². The van der Waals surface area contributed by atoms with Crippen molar-refractivity contribution in [2.24, 2.45) is 0 Å². The summed E-state index contributed by atoms with van der Waals surface area (Å²) >= 11 is 0. The van der Waals surface area contributed by atoms with Gasteiger partial charge in [-0.2, -0.15) is 0 Å². The number of benzene rings is 2. The van der Waals surface area contributed by atoms with Crippen LogP contribution in [0.2, 0.25) is 0 Å². The molecule has 1 aliphatic rings. The van der Waals surface area contributed by atoms with Gasteiger partial charge in [0.2, 0.25) is 5.91 Å². The highest BCUT2D eigenvalue weighted by atomic mass is 16.5. The predicted octanol–water partition coefficient (Wildman–Crippen LogP) is 3.28. The van der Waals surface area contributed by atoms with E-state index >= 15 is 0 Å². The first kappa shape index (κ1) is 21.4. The molecule has 1 unspecified atom stereocenters. The number of amides is 3. The molecule has 3 rings (SSSR count). The lowest BCUT2D eigenvalue weighted by molar-refractivity contribution is -0.123. The van der Waals surface area contributed by atoms with Crippen LogP contribution in [0.15, 0.2) is 48.5 Å². The average molecular weight is 410 g/mol. The van der Waals surface area contributed by atoms with Crippen molar-refractivity contribution in [3.05, 3.63) is 54.1 Å². The Morgan fingerprint density at radius 1 is 0.933 bits per heavy atom. The molecule has 1 aliphatic heterocycles. The van der Waals surface area contributed by atoms with Crippen molar-refractivity contribution >= 4 is 23.4 Å². The zero-order chi connectivity index (χ0) is 22.1. The fraction of sp³-hybridized carbons (Fsp3) is 0.348. The summed E-state index contributed by atoms with van der Waals surface area (Å²) in [7, 11) is 3.10. The van der Waals surface area contributed by atoms with Crippen LogP contribution in [0.5, 0.6) is 11.5 Å². The Morgan fingerprint density at radius 2 is 1.43 bits per heavy atom. The second kappa shape index (κ2) is 8.18. The Labute approximate surface area is 176 Å². The van der Waals surface area contributed by atoms with Gasteiger partial charge in [-0.05, 0) is 69.3 Å². The number of nitrogens with zero attached hydrogens (tertiary/aromatic N) is 2. The van der Waals surface area contributed by atoms with Gasteiger partial charge in [0.05, 0.1) is 26.3 Å². The summed E-state index contributed by atoms with van der Waals surface area (Å²) in [6.07, 6.45) is -0.0654. The fourth-order valence-corrected chi connectivity index (χ4v) is 3.61. The summed E-state index contributed by atoms with van der Waals surface area (Å²) in [6.45, 7) is 5.55. The maximum atomic E-state index is 13.3. The summed E-state index contributed by atoms with van der Waals surface area (Å²) < 4.78 is 10.3. The normalized spacial score (nSPS) is 16.6. The van der Waals surface area contributed by atoms with Gasteiger partial charge in [-0.3, -0.25) is 14.4 Å². The van der Waals surface area contributed by atoms with E-state index in [0.717, 1.165) is 4.90 Å². The summed E-state index contributed by atoms with van der Waals surface area (Å²) in [5.41, 5.74) is 0.209. The van der Waals surface area contributed by atoms with Gasteiger partial charge in [-0.1, -0.05) is 0 Å². The van der Waals surface area contributed by atoms with Gasteiger partial charge in [-0.15, -0.1) is 0 Å². The molecule has 2 aromatic rings. The first-order valence-electron chi connectivity index (χ1n) is 9.66.